The molecule has 0 saturated carbocycles. The van der Waals surface area contributed by atoms with Crippen LogP contribution in [-0.4, -0.2) is 16.2 Å². The van der Waals surface area contributed by atoms with Gasteiger partial charge in [-0.3, -0.25) is 0 Å². The van der Waals surface area contributed by atoms with Crippen LogP contribution in [-0.2, 0) is 0 Å². The number of aromatic nitrogens is 1. The van der Waals surface area contributed by atoms with Crippen LogP contribution in [0.2, 0.25) is 10.0 Å². The molecule has 1 heterocycles. The van der Waals surface area contributed by atoms with E-state index in [0.29, 0.717) is 0 Å². The average molecular weight is 276 g/mol. The molecule has 0 radical (unpaired) electrons. The topological polar surface area (TPSA) is 63.3 Å². The van der Waals surface area contributed by atoms with Gasteiger partial charge in [0.05, 0.1) is 5.02 Å². The van der Waals surface area contributed by atoms with E-state index in [-0.39, 0.29) is 27.1 Å². The van der Waals surface area contributed by atoms with Gasteiger partial charge >= 0.3 is 5.97 Å². The van der Waals surface area contributed by atoms with Crippen molar-refractivity contribution in [2.45, 2.75) is 0 Å². The minimum absolute atomic E-state index is 0.105. The van der Waals surface area contributed by atoms with Crippen LogP contribution < -0.4 is 0 Å². The Morgan fingerprint density at radius 2 is 2.06 bits per heavy atom. The first kappa shape index (κ1) is 11.9. The normalized spacial score (nSPS) is 10.5. The number of hydrogen-bond acceptors (Lipinski definition) is 3. The van der Waals surface area contributed by atoms with Gasteiger partial charge in [-0.1, -0.05) is 28.4 Å². The molecule has 0 unspecified atom stereocenters. The van der Waals surface area contributed by atoms with Crippen LogP contribution in [0.15, 0.2) is 22.7 Å². The first-order valence-electron chi connectivity index (χ1n) is 4.34. The van der Waals surface area contributed by atoms with Crippen molar-refractivity contribution in [2.24, 2.45) is 0 Å². The van der Waals surface area contributed by atoms with Crippen LogP contribution >= 0.6 is 23.2 Å². The molecule has 1 aromatic carbocycles. The van der Waals surface area contributed by atoms with E-state index < -0.39 is 11.8 Å². The van der Waals surface area contributed by atoms with E-state index in [2.05, 4.69) is 9.68 Å². The Kier molecular flexibility index (Phi) is 3.04. The molecule has 88 valence electrons. The third kappa shape index (κ3) is 2.25. The Balaban J connectivity index is 2.56. The van der Waals surface area contributed by atoms with Crippen molar-refractivity contribution < 1.29 is 18.8 Å². The molecule has 2 rings (SSSR count). The molecule has 0 aliphatic carbocycles. The second-order valence-electron chi connectivity index (χ2n) is 3.13. The van der Waals surface area contributed by atoms with Crippen molar-refractivity contribution in [3.63, 3.8) is 0 Å². The van der Waals surface area contributed by atoms with Crippen molar-refractivity contribution in [3.05, 3.63) is 39.8 Å². The number of carbonyl (C=O) groups is 1. The highest BCUT2D eigenvalue weighted by Gasteiger charge is 2.17. The summed E-state index contributed by atoms with van der Waals surface area (Å²) in [6.07, 6.45) is 0. The molecule has 0 bridgehead atoms. The zero-order valence-electron chi connectivity index (χ0n) is 8.08. The van der Waals surface area contributed by atoms with Crippen molar-refractivity contribution in [2.75, 3.05) is 0 Å². The molecule has 0 amide bonds. The van der Waals surface area contributed by atoms with E-state index in [1.807, 2.05) is 0 Å². The predicted octanol–water partition coefficient (Wildman–Crippen LogP) is 3.49. The van der Waals surface area contributed by atoms with Gasteiger partial charge in [-0.2, -0.15) is 0 Å². The zero-order chi connectivity index (χ0) is 12.6. The molecular formula is C10H4Cl2FNO3. The molecule has 0 aliphatic rings. The summed E-state index contributed by atoms with van der Waals surface area (Å²) in [4.78, 5) is 10.6. The molecular weight excluding hydrogens is 272 g/mol. The molecule has 0 aliphatic heterocycles. The smallest absolute Gasteiger partial charge is 0.374 e. The van der Waals surface area contributed by atoms with Gasteiger partial charge in [-0.15, -0.1) is 0 Å². The van der Waals surface area contributed by atoms with E-state index >= 15 is 0 Å². The van der Waals surface area contributed by atoms with Gasteiger partial charge in [-0.05, 0) is 12.1 Å². The molecule has 0 spiro atoms. The van der Waals surface area contributed by atoms with E-state index in [4.69, 9.17) is 28.3 Å². The Bertz CT molecular complexity index is 597. The molecule has 0 saturated heterocycles. The van der Waals surface area contributed by atoms with Gasteiger partial charge in [-0.25, -0.2) is 9.18 Å². The van der Waals surface area contributed by atoms with Crippen LogP contribution in [0, 0.1) is 5.82 Å². The van der Waals surface area contributed by atoms with Crippen molar-refractivity contribution in [3.8, 4) is 11.3 Å². The average Bonchev–Trinajstić information content (AvgIpc) is 2.72. The summed E-state index contributed by atoms with van der Waals surface area (Å²) < 4.78 is 17.8. The maximum absolute atomic E-state index is 13.3. The predicted molar refractivity (Wildman–Crippen MR) is 58.9 cm³/mol. The number of hydrogen-bond donors (Lipinski definition) is 1. The number of halogens is 3. The molecule has 1 N–H and O–H groups in total. The highest BCUT2D eigenvalue weighted by molar-refractivity contribution is 6.35. The van der Waals surface area contributed by atoms with Gasteiger partial charge in [0.2, 0.25) is 5.76 Å². The lowest BCUT2D eigenvalue weighted by Crippen LogP contribution is -1.91. The second kappa shape index (κ2) is 4.35. The number of carboxylic acid groups (broad SMARTS) is 1. The van der Waals surface area contributed by atoms with Gasteiger partial charge in [0.25, 0.3) is 0 Å². The van der Waals surface area contributed by atoms with Gasteiger partial charge in [0, 0.05) is 16.7 Å². The van der Waals surface area contributed by atoms with E-state index in [1.165, 1.54) is 6.07 Å². The maximum Gasteiger partial charge on any atom is 0.374 e. The summed E-state index contributed by atoms with van der Waals surface area (Å²) in [5.74, 6) is -2.35. The lowest BCUT2D eigenvalue weighted by Gasteiger charge is -2.01. The lowest BCUT2D eigenvalue weighted by molar-refractivity contribution is 0.0652. The number of benzene rings is 1. The second-order valence-corrected chi connectivity index (χ2v) is 3.95. The van der Waals surface area contributed by atoms with Crippen LogP contribution in [0.3, 0.4) is 0 Å². The molecule has 1 aromatic heterocycles. The van der Waals surface area contributed by atoms with Crippen LogP contribution in [0.5, 0.6) is 0 Å². The highest BCUT2D eigenvalue weighted by Crippen LogP contribution is 2.32. The fraction of sp³-hybridized carbons (Fsp3) is 0. The number of aromatic carboxylic acids is 1. The SMILES string of the molecule is O=C(O)c1cc(-c2cc(Cl)cc(F)c2Cl)no1. The lowest BCUT2D eigenvalue weighted by atomic mass is 10.1. The van der Waals surface area contributed by atoms with E-state index in [0.717, 1.165) is 12.1 Å². The van der Waals surface area contributed by atoms with Crippen molar-refractivity contribution in [1.29, 1.82) is 0 Å². The summed E-state index contributed by atoms with van der Waals surface area (Å²) in [6, 6.07) is 3.56. The number of nitrogens with zero attached hydrogens (tertiary/aromatic N) is 1. The summed E-state index contributed by atoms with van der Waals surface area (Å²) >= 11 is 11.4. The van der Waals surface area contributed by atoms with Gasteiger partial charge < -0.3 is 9.63 Å². The molecule has 2 aromatic rings. The minimum Gasteiger partial charge on any atom is -0.475 e. The van der Waals surface area contributed by atoms with E-state index in [1.54, 1.807) is 0 Å². The Hall–Kier alpha value is -1.59. The van der Waals surface area contributed by atoms with Crippen LogP contribution in [0.25, 0.3) is 11.3 Å². The largest absolute Gasteiger partial charge is 0.475 e. The number of carboxylic acids is 1. The molecule has 0 fully saturated rings. The van der Waals surface area contributed by atoms with E-state index in [9.17, 15) is 9.18 Å². The molecule has 7 heteroatoms. The monoisotopic (exact) mass is 275 g/mol. The maximum atomic E-state index is 13.3. The Labute approximate surface area is 105 Å². The molecule has 0 atom stereocenters. The first-order valence-corrected chi connectivity index (χ1v) is 5.09. The third-order valence-electron chi connectivity index (χ3n) is 1.99. The highest BCUT2D eigenvalue weighted by atomic mass is 35.5. The summed E-state index contributed by atoms with van der Waals surface area (Å²) in [5.41, 5.74) is 0.279. The summed E-state index contributed by atoms with van der Waals surface area (Å²) in [7, 11) is 0. The first-order chi connectivity index (χ1) is 7.99. The van der Waals surface area contributed by atoms with Crippen molar-refractivity contribution in [1.82, 2.24) is 5.16 Å². The molecule has 17 heavy (non-hydrogen) atoms. The fourth-order valence-electron chi connectivity index (χ4n) is 1.25. The van der Waals surface area contributed by atoms with Crippen LogP contribution in [0.4, 0.5) is 4.39 Å². The Morgan fingerprint density at radius 3 is 2.65 bits per heavy atom. The number of rotatable bonds is 2. The fourth-order valence-corrected chi connectivity index (χ4v) is 1.66. The Morgan fingerprint density at radius 1 is 1.35 bits per heavy atom. The third-order valence-corrected chi connectivity index (χ3v) is 2.59. The van der Waals surface area contributed by atoms with Gasteiger partial charge in [0.1, 0.15) is 11.5 Å². The van der Waals surface area contributed by atoms with Gasteiger partial charge in [0.15, 0.2) is 0 Å². The summed E-state index contributed by atoms with van der Waals surface area (Å²) in [6.45, 7) is 0. The van der Waals surface area contributed by atoms with Crippen molar-refractivity contribution >= 4 is 29.2 Å². The summed E-state index contributed by atoms with van der Waals surface area (Å²) in [5, 5.41) is 12.1. The zero-order valence-corrected chi connectivity index (χ0v) is 9.59. The molecule has 4 nitrogen and oxygen atoms in total. The van der Waals surface area contributed by atoms with Crippen LogP contribution in [0.1, 0.15) is 10.6 Å². The minimum atomic E-state index is -1.28. The standard InChI is InChI=1S/C10H4Cl2FNO3/c11-4-1-5(9(12)6(13)2-4)7-3-8(10(15)16)17-14-7/h1-3H,(H,15,16). The quantitative estimate of drug-likeness (QED) is 0.853.